The third-order valence-electron chi connectivity index (χ3n) is 3.45. The lowest BCUT2D eigenvalue weighted by Gasteiger charge is -2.27. The van der Waals surface area contributed by atoms with Crippen molar-refractivity contribution in [2.75, 3.05) is 6.54 Å². The molecule has 1 aromatic rings. The van der Waals surface area contributed by atoms with E-state index in [1.807, 2.05) is 10.9 Å². The highest BCUT2D eigenvalue weighted by molar-refractivity contribution is 4.94. The molecule has 1 fully saturated rings. The molecule has 5 nitrogen and oxygen atoms in total. The lowest BCUT2D eigenvalue weighted by atomic mass is 9.93. The summed E-state index contributed by atoms with van der Waals surface area (Å²) >= 11 is 0. The zero-order chi connectivity index (χ0) is 13.0. The molecule has 2 rings (SSSR count). The van der Waals surface area contributed by atoms with Gasteiger partial charge in [0.2, 0.25) is 0 Å². The lowest BCUT2D eigenvalue weighted by Crippen LogP contribution is -2.28. The molecule has 0 saturated heterocycles. The zero-order valence-corrected chi connectivity index (χ0v) is 11.3. The van der Waals surface area contributed by atoms with Crippen LogP contribution in [0.5, 0.6) is 0 Å². The van der Waals surface area contributed by atoms with Crippen LogP contribution in [-0.2, 0) is 6.54 Å². The summed E-state index contributed by atoms with van der Waals surface area (Å²) in [5.74, 6) is 0.639. The molecular formula is C13H24N4O. The molecule has 0 aliphatic heterocycles. The van der Waals surface area contributed by atoms with E-state index in [2.05, 4.69) is 29.5 Å². The molecule has 18 heavy (non-hydrogen) atoms. The first-order chi connectivity index (χ1) is 8.66. The van der Waals surface area contributed by atoms with Crippen LogP contribution in [0.15, 0.2) is 6.20 Å². The Bertz CT molecular complexity index is 364. The van der Waals surface area contributed by atoms with Gasteiger partial charge in [-0.3, -0.25) is 0 Å². The molecule has 1 aromatic heterocycles. The maximum atomic E-state index is 9.98. The molecule has 0 amide bonds. The van der Waals surface area contributed by atoms with Crippen LogP contribution in [0.3, 0.4) is 0 Å². The molecule has 2 atom stereocenters. The Morgan fingerprint density at radius 1 is 1.44 bits per heavy atom. The minimum absolute atomic E-state index is 0.116. The Hall–Kier alpha value is -0.940. The van der Waals surface area contributed by atoms with E-state index in [4.69, 9.17) is 0 Å². The SMILES string of the molecule is CC(C)CNCc1cn(C2CCCCC2O)nn1. The summed E-state index contributed by atoms with van der Waals surface area (Å²) in [6.07, 6.45) is 5.87. The summed E-state index contributed by atoms with van der Waals surface area (Å²) in [7, 11) is 0. The Kier molecular flexibility index (Phi) is 4.72. The van der Waals surface area contributed by atoms with Crippen molar-refractivity contribution < 1.29 is 5.11 Å². The number of hydrogen-bond acceptors (Lipinski definition) is 4. The summed E-state index contributed by atoms with van der Waals surface area (Å²) in [5, 5.41) is 21.6. The average Bonchev–Trinajstić information content (AvgIpc) is 2.78. The second-order valence-electron chi connectivity index (χ2n) is 5.63. The van der Waals surface area contributed by atoms with Crippen LogP contribution in [0.25, 0.3) is 0 Å². The van der Waals surface area contributed by atoms with E-state index in [0.717, 1.165) is 38.0 Å². The van der Waals surface area contributed by atoms with E-state index in [-0.39, 0.29) is 12.1 Å². The standard InChI is InChI=1S/C13H24N4O/c1-10(2)7-14-8-11-9-17(16-15-11)12-5-3-4-6-13(12)18/h9-10,12-14,18H,3-8H2,1-2H3. The number of nitrogens with one attached hydrogen (secondary N) is 1. The van der Waals surface area contributed by atoms with E-state index in [9.17, 15) is 5.11 Å². The van der Waals surface area contributed by atoms with E-state index in [1.54, 1.807) is 0 Å². The molecule has 5 heteroatoms. The van der Waals surface area contributed by atoms with Gasteiger partial charge in [-0.25, -0.2) is 4.68 Å². The van der Waals surface area contributed by atoms with Crippen LogP contribution in [0, 0.1) is 5.92 Å². The summed E-state index contributed by atoms with van der Waals surface area (Å²) < 4.78 is 1.84. The van der Waals surface area contributed by atoms with Crippen molar-refractivity contribution in [1.29, 1.82) is 0 Å². The first kappa shape index (κ1) is 13.5. The van der Waals surface area contributed by atoms with Gasteiger partial charge < -0.3 is 10.4 Å². The molecular weight excluding hydrogens is 228 g/mol. The highest BCUT2D eigenvalue weighted by Crippen LogP contribution is 2.27. The highest BCUT2D eigenvalue weighted by atomic mass is 16.3. The fourth-order valence-corrected chi connectivity index (χ4v) is 2.45. The molecule has 2 N–H and O–H groups in total. The smallest absolute Gasteiger partial charge is 0.0964 e. The van der Waals surface area contributed by atoms with Gasteiger partial charge >= 0.3 is 0 Å². The van der Waals surface area contributed by atoms with Gasteiger partial charge in [0.25, 0.3) is 0 Å². The highest BCUT2D eigenvalue weighted by Gasteiger charge is 2.25. The van der Waals surface area contributed by atoms with E-state index < -0.39 is 0 Å². The van der Waals surface area contributed by atoms with Crippen molar-refractivity contribution in [2.45, 2.75) is 58.2 Å². The number of hydrogen-bond donors (Lipinski definition) is 2. The number of aromatic nitrogens is 3. The van der Waals surface area contributed by atoms with Crippen molar-refractivity contribution >= 4 is 0 Å². The number of aliphatic hydroxyl groups is 1. The van der Waals surface area contributed by atoms with Gasteiger partial charge in [-0.15, -0.1) is 5.10 Å². The summed E-state index contributed by atoms with van der Waals surface area (Å²) in [6, 6.07) is 0.116. The summed E-state index contributed by atoms with van der Waals surface area (Å²) in [4.78, 5) is 0. The van der Waals surface area contributed by atoms with Gasteiger partial charge in [0.05, 0.1) is 24.0 Å². The predicted octanol–water partition coefficient (Wildman–Crippen LogP) is 1.50. The Balaban J connectivity index is 1.88. The fourth-order valence-electron chi connectivity index (χ4n) is 2.45. The second kappa shape index (κ2) is 6.29. The zero-order valence-electron chi connectivity index (χ0n) is 11.3. The molecule has 0 bridgehead atoms. The molecule has 0 aromatic carbocycles. The molecule has 1 aliphatic carbocycles. The Morgan fingerprint density at radius 3 is 2.94 bits per heavy atom. The minimum Gasteiger partial charge on any atom is -0.391 e. The van der Waals surface area contributed by atoms with Gasteiger partial charge in [-0.05, 0) is 25.3 Å². The van der Waals surface area contributed by atoms with Crippen molar-refractivity contribution in [1.82, 2.24) is 20.3 Å². The molecule has 1 aliphatic rings. The van der Waals surface area contributed by atoms with Gasteiger partial charge in [0.1, 0.15) is 0 Å². The van der Waals surface area contributed by atoms with Crippen LogP contribution < -0.4 is 5.32 Å². The van der Waals surface area contributed by atoms with Crippen LogP contribution in [-0.4, -0.2) is 32.7 Å². The van der Waals surface area contributed by atoms with Crippen molar-refractivity contribution in [2.24, 2.45) is 5.92 Å². The Morgan fingerprint density at radius 2 is 2.22 bits per heavy atom. The third-order valence-corrected chi connectivity index (χ3v) is 3.45. The summed E-state index contributed by atoms with van der Waals surface area (Å²) in [6.45, 7) is 6.10. The molecule has 0 radical (unpaired) electrons. The van der Waals surface area contributed by atoms with Crippen LogP contribution >= 0.6 is 0 Å². The van der Waals surface area contributed by atoms with E-state index in [0.29, 0.717) is 5.92 Å². The topological polar surface area (TPSA) is 63.0 Å². The molecule has 1 saturated carbocycles. The monoisotopic (exact) mass is 252 g/mol. The normalized spacial score (nSPS) is 24.7. The van der Waals surface area contributed by atoms with Crippen LogP contribution in [0.4, 0.5) is 0 Å². The predicted molar refractivity (Wildman–Crippen MR) is 70.1 cm³/mol. The first-order valence-electron chi connectivity index (χ1n) is 6.96. The Labute approximate surface area is 109 Å². The minimum atomic E-state index is -0.267. The average molecular weight is 252 g/mol. The van der Waals surface area contributed by atoms with Crippen molar-refractivity contribution in [3.05, 3.63) is 11.9 Å². The molecule has 0 spiro atoms. The molecule has 102 valence electrons. The summed E-state index contributed by atoms with van der Waals surface area (Å²) in [5.41, 5.74) is 0.952. The van der Waals surface area contributed by atoms with Crippen LogP contribution in [0.2, 0.25) is 0 Å². The number of aliphatic hydroxyl groups excluding tert-OH is 1. The lowest BCUT2D eigenvalue weighted by molar-refractivity contribution is 0.0685. The largest absolute Gasteiger partial charge is 0.391 e. The number of nitrogens with zero attached hydrogens (tertiary/aromatic N) is 3. The van der Waals surface area contributed by atoms with Crippen molar-refractivity contribution in [3.8, 4) is 0 Å². The first-order valence-corrected chi connectivity index (χ1v) is 6.96. The molecule has 2 unspecified atom stereocenters. The van der Waals surface area contributed by atoms with Crippen LogP contribution in [0.1, 0.15) is 51.3 Å². The van der Waals surface area contributed by atoms with E-state index >= 15 is 0 Å². The maximum absolute atomic E-state index is 9.98. The third kappa shape index (κ3) is 3.53. The second-order valence-corrected chi connectivity index (χ2v) is 5.63. The van der Waals surface area contributed by atoms with E-state index in [1.165, 1.54) is 6.42 Å². The quantitative estimate of drug-likeness (QED) is 0.833. The van der Waals surface area contributed by atoms with Gasteiger partial charge in [-0.1, -0.05) is 31.9 Å². The number of rotatable bonds is 5. The van der Waals surface area contributed by atoms with Gasteiger partial charge in [0, 0.05) is 6.54 Å². The van der Waals surface area contributed by atoms with Gasteiger partial charge in [-0.2, -0.15) is 0 Å². The maximum Gasteiger partial charge on any atom is 0.0964 e. The molecule has 1 heterocycles. The van der Waals surface area contributed by atoms with Gasteiger partial charge in [0.15, 0.2) is 0 Å². The fraction of sp³-hybridized carbons (Fsp3) is 0.846. The van der Waals surface area contributed by atoms with Crippen molar-refractivity contribution in [3.63, 3.8) is 0 Å².